The zero-order valence-corrected chi connectivity index (χ0v) is 22.0. The van der Waals surface area contributed by atoms with Crippen LogP contribution < -0.4 is 28.4 Å². The van der Waals surface area contributed by atoms with Gasteiger partial charge in [0.25, 0.3) is 0 Å². The summed E-state index contributed by atoms with van der Waals surface area (Å²) in [6.45, 7) is 4.92. The topological polar surface area (TPSA) is 122 Å². The molecule has 0 bridgehead atoms. The largest absolute Gasteiger partial charge is 0.515 e. The van der Waals surface area contributed by atoms with Crippen LogP contribution in [0.3, 0.4) is 0 Å². The van der Waals surface area contributed by atoms with Crippen LogP contribution in [0, 0.1) is 5.92 Å². The van der Waals surface area contributed by atoms with Crippen LogP contribution >= 0.6 is 0 Å². The highest BCUT2D eigenvalue weighted by molar-refractivity contribution is 5.90. The van der Waals surface area contributed by atoms with Crippen LogP contribution in [0.5, 0.6) is 34.5 Å². The fourth-order valence-corrected chi connectivity index (χ4v) is 4.88. The van der Waals surface area contributed by atoms with E-state index < -0.39 is 23.6 Å². The van der Waals surface area contributed by atoms with Crippen molar-refractivity contribution in [1.82, 2.24) is 0 Å². The van der Waals surface area contributed by atoms with Crippen molar-refractivity contribution in [3.05, 3.63) is 35.1 Å². The van der Waals surface area contributed by atoms with Crippen molar-refractivity contribution in [3.63, 3.8) is 0 Å². The van der Waals surface area contributed by atoms with Gasteiger partial charge >= 0.3 is 5.97 Å². The summed E-state index contributed by atoms with van der Waals surface area (Å²) >= 11 is 0. The molecule has 0 amide bonds. The smallest absolute Gasteiger partial charge is 0.337 e. The van der Waals surface area contributed by atoms with E-state index in [1.165, 1.54) is 35.4 Å². The molecule has 0 saturated carbocycles. The molecule has 3 atom stereocenters. The number of benzene rings is 2. The van der Waals surface area contributed by atoms with Gasteiger partial charge in [0.1, 0.15) is 5.60 Å². The van der Waals surface area contributed by atoms with Crippen LogP contribution in [0.2, 0.25) is 0 Å². The first-order valence-corrected chi connectivity index (χ1v) is 11.7. The lowest BCUT2D eigenvalue weighted by Gasteiger charge is -2.41. The summed E-state index contributed by atoms with van der Waals surface area (Å²) in [6, 6.07) is 3.50. The van der Waals surface area contributed by atoms with E-state index in [9.17, 15) is 15.0 Å². The summed E-state index contributed by atoms with van der Waals surface area (Å²) in [5, 5.41) is 21.3. The van der Waals surface area contributed by atoms with Crippen molar-refractivity contribution in [3.8, 4) is 45.6 Å². The van der Waals surface area contributed by atoms with Gasteiger partial charge in [-0.25, -0.2) is 4.79 Å². The van der Waals surface area contributed by atoms with Crippen LogP contribution in [0.25, 0.3) is 11.1 Å². The minimum atomic E-state index is -1.56. The average Bonchev–Trinajstić information content (AvgIpc) is 3.36. The Morgan fingerprint density at radius 3 is 2.30 bits per heavy atom. The minimum Gasteiger partial charge on any atom is -0.515 e. The van der Waals surface area contributed by atoms with E-state index in [-0.39, 0.29) is 18.1 Å². The first-order chi connectivity index (χ1) is 17.6. The molecule has 2 aliphatic rings. The molecule has 0 spiro atoms. The molecule has 0 radical (unpaired) electrons. The third-order valence-electron chi connectivity index (χ3n) is 7.09. The monoisotopic (exact) mass is 516 g/mol. The Labute approximate surface area is 215 Å². The summed E-state index contributed by atoms with van der Waals surface area (Å²) in [4.78, 5) is 12.9. The lowest BCUT2D eigenvalue weighted by atomic mass is 9.73. The maximum absolute atomic E-state index is 12.9. The highest BCUT2D eigenvalue weighted by Gasteiger charge is 2.47. The molecule has 2 aromatic carbocycles. The first-order valence-electron chi connectivity index (χ1n) is 11.7. The third kappa shape index (κ3) is 4.15. The van der Waals surface area contributed by atoms with E-state index in [2.05, 4.69) is 0 Å². The maximum Gasteiger partial charge on any atom is 0.337 e. The van der Waals surface area contributed by atoms with Gasteiger partial charge < -0.3 is 43.4 Å². The van der Waals surface area contributed by atoms with E-state index in [0.29, 0.717) is 58.1 Å². The van der Waals surface area contributed by atoms with Crippen molar-refractivity contribution in [2.24, 2.45) is 5.92 Å². The molecule has 0 fully saturated rings. The minimum absolute atomic E-state index is 0.0270. The Hall–Kier alpha value is -3.79. The second kappa shape index (κ2) is 9.93. The molecule has 10 heteroatoms. The molecule has 0 aromatic heterocycles. The fraction of sp³-hybridized carbons (Fsp3) is 0.444. The number of carbonyl (C=O) groups excluding carboxylic acids is 1. The van der Waals surface area contributed by atoms with Gasteiger partial charge in [-0.05, 0) is 43.9 Å². The Kier molecular flexibility index (Phi) is 7.05. The highest BCUT2D eigenvalue weighted by Crippen LogP contribution is 2.59. The van der Waals surface area contributed by atoms with Crippen LogP contribution in [-0.2, 0) is 16.0 Å². The number of esters is 1. The summed E-state index contributed by atoms with van der Waals surface area (Å²) in [7, 11) is 5.96. The molecule has 200 valence electrons. The summed E-state index contributed by atoms with van der Waals surface area (Å²) < 4.78 is 40.3. The number of hydrogen-bond donors (Lipinski definition) is 2. The molecule has 3 unspecified atom stereocenters. The molecule has 37 heavy (non-hydrogen) atoms. The van der Waals surface area contributed by atoms with E-state index >= 15 is 0 Å². The third-order valence-corrected chi connectivity index (χ3v) is 7.09. The molecular formula is C27H32O10. The number of aliphatic hydroxyl groups excluding tert-OH is 1. The second-order valence-electron chi connectivity index (χ2n) is 9.22. The maximum atomic E-state index is 12.9. The van der Waals surface area contributed by atoms with Crippen LogP contribution in [0.4, 0.5) is 0 Å². The van der Waals surface area contributed by atoms with Crippen LogP contribution in [0.15, 0.2) is 24.0 Å². The van der Waals surface area contributed by atoms with Gasteiger partial charge in [0, 0.05) is 16.7 Å². The molecule has 2 aromatic rings. The normalized spacial score (nSPS) is 22.2. The summed E-state index contributed by atoms with van der Waals surface area (Å²) in [6.07, 6.45) is -0.162. The Bertz CT molecular complexity index is 1250. The zero-order valence-electron chi connectivity index (χ0n) is 22.0. The van der Waals surface area contributed by atoms with Gasteiger partial charge in [-0.3, -0.25) is 0 Å². The lowest BCUT2D eigenvalue weighted by Crippen LogP contribution is -2.44. The summed E-state index contributed by atoms with van der Waals surface area (Å²) in [5.74, 6) is 1.04. The number of hydrogen-bond acceptors (Lipinski definition) is 10. The molecule has 4 rings (SSSR count). The predicted molar refractivity (Wildman–Crippen MR) is 133 cm³/mol. The van der Waals surface area contributed by atoms with Crippen molar-refractivity contribution in [2.75, 3.05) is 35.2 Å². The van der Waals surface area contributed by atoms with Gasteiger partial charge in [-0.15, -0.1) is 0 Å². The van der Waals surface area contributed by atoms with Crippen molar-refractivity contribution >= 4 is 5.97 Å². The van der Waals surface area contributed by atoms with Crippen molar-refractivity contribution in [1.29, 1.82) is 0 Å². The van der Waals surface area contributed by atoms with Gasteiger partial charge in [-0.1, -0.05) is 6.92 Å². The van der Waals surface area contributed by atoms with E-state index in [1.54, 1.807) is 13.0 Å². The number of methoxy groups -OCH3 is 4. The standard InChI is InChI=1S/C27H32O10/c1-13(11-28)26(29)37-25-16-10-17(31-4)21(32-5)24(34-7)20(16)19-15(8-14(2)27(25,3)30)9-18-22(23(19)33-6)36-12-35-18/h9-11,14,25,28,30H,8,12H2,1-7H3. The molecule has 2 N–H and O–H groups in total. The quantitative estimate of drug-likeness (QED) is 0.330. The highest BCUT2D eigenvalue weighted by atomic mass is 16.7. The SMILES string of the molecule is COc1cc2c(c(OC)c1OC)-c1c(cc3c(c1OC)OCO3)CC(C)C(C)(O)C2OC(=O)C(C)=CO. The van der Waals surface area contributed by atoms with Gasteiger partial charge in [0.05, 0.1) is 40.3 Å². The lowest BCUT2D eigenvalue weighted by molar-refractivity contribution is -0.167. The van der Waals surface area contributed by atoms with Crippen molar-refractivity contribution < 1.29 is 48.2 Å². The Morgan fingerprint density at radius 2 is 1.70 bits per heavy atom. The number of ether oxygens (including phenoxy) is 7. The van der Waals surface area contributed by atoms with Gasteiger partial charge in [0.2, 0.25) is 18.3 Å². The summed E-state index contributed by atoms with van der Waals surface area (Å²) in [5.41, 5.74) is 0.700. The molecule has 0 saturated heterocycles. The number of aliphatic hydroxyl groups is 2. The molecule has 10 nitrogen and oxygen atoms in total. The van der Waals surface area contributed by atoms with Gasteiger partial charge in [-0.2, -0.15) is 0 Å². The molecule has 1 aliphatic carbocycles. The fourth-order valence-electron chi connectivity index (χ4n) is 4.88. The first kappa shape index (κ1) is 26.3. The van der Waals surface area contributed by atoms with E-state index in [0.717, 1.165) is 5.56 Å². The van der Waals surface area contributed by atoms with Crippen LogP contribution in [0.1, 0.15) is 38.0 Å². The number of carbonyl (C=O) groups is 1. The Balaban J connectivity index is 2.17. The van der Waals surface area contributed by atoms with Crippen LogP contribution in [-0.4, -0.2) is 57.0 Å². The average molecular weight is 517 g/mol. The van der Waals surface area contributed by atoms with Gasteiger partial charge in [0.15, 0.2) is 29.1 Å². The van der Waals surface area contributed by atoms with Crippen molar-refractivity contribution in [2.45, 2.75) is 38.9 Å². The number of fused-ring (bicyclic) bond motifs is 4. The predicted octanol–water partition coefficient (Wildman–Crippen LogP) is 4.11. The second-order valence-corrected chi connectivity index (χ2v) is 9.22. The van der Waals surface area contributed by atoms with E-state index in [4.69, 9.17) is 33.2 Å². The molecule has 1 aliphatic heterocycles. The molecular weight excluding hydrogens is 484 g/mol. The zero-order chi connectivity index (χ0) is 27.1. The van der Waals surface area contributed by atoms with E-state index in [1.807, 2.05) is 13.0 Å². The number of rotatable bonds is 6. The molecule has 1 heterocycles. The Morgan fingerprint density at radius 1 is 1.03 bits per heavy atom.